The van der Waals surface area contributed by atoms with Crippen LogP contribution in [0.4, 0.5) is 21.1 Å². The number of hydrogen-bond acceptors (Lipinski definition) is 6. The molecule has 0 saturated carbocycles. The van der Waals surface area contributed by atoms with Crippen molar-refractivity contribution in [1.29, 1.82) is 0 Å². The van der Waals surface area contributed by atoms with Gasteiger partial charge in [-0.15, -0.1) is 0 Å². The van der Waals surface area contributed by atoms with Crippen LogP contribution in [0.1, 0.15) is 20.8 Å². The van der Waals surface area contributed by atoms with Crippen LogP contribution < -0.4 is 4.90 Å². The molecule has 2 aromatic heterocycles. The van der Waals surface area contributed by atoms with E-state index in [1.54, 1.807) is 20.8 Å². The predicted molar refractivity (Wildman–Crippen MR) is 81.1 cm³/mol. The molecule has 9 nitrogen and oxygen atoms in total. The van der Waals surface area contributed by atoms with Crippen molar-refractivity contribution < 1.29 is 19.4 Å². The maximum Gasteiger partial charge on any atom is 0.432 e. The number of nitrogens with zero attached hydrogens (tertiary/aromatic N) is 5. The molecule has 2 aromatic rings. The fourth-order valence-corrected chi connectivity index (χ4v) is 1.77. The maximum absolute atomic E-state index is 12.5. The van der Waals surface area contributed by atoms with E-state index in [1.807, 2.05) is 0 Å². The van der Waals surface area contributed by atoms with E-state index in [0.717, 1.165) is 11.1 Å². The molecule has 0 bridgehead atoms. The predicted octanol–water partition coefficient (Wildman–Crippen LogP) is 2.93. The number of carbonyl (C=O) groups excluding carboxylic acids is 1. The Morgan fingerprint density at radius 2 is 2.09 bits per heavy atom. The molecule has 0 aliphatic carbocycles. The minimum Gasteiger partial charge on any atom is -0.463 e. The largest absolute Gasteiger partial charge is 0.463 e. The molecule has 0 spiro atoms. The Kier molecular flexibility index (Phi) is 4.50. The highest BCUT2D eigenvalue weighted by Crippen LogP contribution is 2.26. The lowest BCUT2D eigenvalue weighted by atomic mass is 10.2. The van der Waals surface area contributed by atoms with Crippen molar-refractivity contribution in [3.05, 3.63) is 29.9 Å². The Morgan fingerprint density at radius 1 is 1.39 bits per heavy atom. The molecular weight excluding hydrogens is 326 g/mol. The van der Waals surface area contributed by atoms with Gasteiger partial charge in [0, 0.05) is 12.3 Å². The average molecular weight is 340 g/mol. The molecule has 0 radical (unpaired) electrons. The molecule has 0 aliphatic heterocycles. The van der Waals surface area contributed by atoms with Gasteiger partial charge in [-0.2, -0.15) is 14.8 Å². The van der Waals surface area contributed by atoms with E-state index < -0.39 is 17.8 Å². The molecule has 1 amide bonds. The van der Waals surface area contributed by atoms with E-state index in [-0.39, 0.29) is 16.8 Å². The standard InChI is InChI=1S/C13H14ClN5O4/c1-13(2,3)23-12(22)19(9-4-5-15-10(14)17-9)8-6-16-18(7-8)11(20)21/h4-7H,1-3H3,(H,20,21). The highest BCUT2D eigenvalue weighted by Gasteiger charge is 2.27. The molecule has 0 atom stereocenters. The minimum atomic E-state index is -1.29. The van der Waals surface area contributed by atoms with Gasteiger partial charge >= 0.3 is 12.2 Å². The number of anilines is 2. The van der Waals surface area contributed by atoms with E-state index >= 15 is 0 Å². The SMILES string of the molecule is CC(C)(C)OC(=O)N(c1cnn(C(=O)O)c1)c1ccnc(Cl)n1. The fourth-order valence-electron chi connectivity index (χ4n) is 1.62. The van der Waals surface area contributed by atoms with Crippen molar-refractivity contribution in [1.82, 2.24) is 19.7 Å². The Morgan fingerprint density at radius 3 is 2.61 bits per heavy atom. The van der Waals surface area contributed by atoms with Crippen LogP contribution in [0.25, 0.3) is 0 Å². The second kappa shape index (κ2) is 6.21. The summed E-state index contributed by atoms with van der Waals surface area (Å²) in [6, 6.07) is 1.44. The number of carbonyl (C=O) groups is 2. The van der Waals surface area contributed by atoms with Crippen molar-refractivity contribution >= 4 is 35.3 Å². The van der Waals surface area contributed by atoms with Gasteiger partial charge in [-0.25, -0.2) is 19.5 Å². The highest BCUT2D eigenvalue weighted by molar-refractivity contribution is 6.28. The Balaban J connectivity index is 2.46. The second-order valence-corrected chi connectivity index (χ2v) is 5.76. The topological polar surface area (TPSA) is 110 Å². The first-order valence-corrected chi connectivity index (χ1v) is 6.85. The normalized spacial score (nSPS) is 11.1. The lowest BCUT2D eigenvalue weighted by Crippen LogP contribution is -2.34. The van der Waals surface area contributed by atoms with Crippen LogP contribution in [-0.4, -0.2) is 42.6 Å². The molecule has 2 rings (SSSR count). The van der Waals surface area contributed by atoms with Crippen LogP contribution in [-0.2, 0) is 4.74 Å². The average Bonchev–Trinajstić information content (AvgIpc) is 2.86. The van der Waals surface area contributed by atoms with Crippen molar-refractivity contribution in [3.63, 3.8) is 0 Å². The zero-order chi connectivity index (χ0) is 17.2. The number of aromatic nitrogens is 4. The first-order chi connectivity index (χ1) is 10.7. The van der Waals surface area contributed by atoms with Crippen LogP contribution in [0.2, 0.25) is 5.28 Å². The van der Waals surface area contributed by atoms with E-state index in [1.165, 1.54) is 18.5 Å². The minimum absolute atomic E-state index is 0.0679. The molecule has 2 heterocycles. The second-order valence-electron chi connectivity index (χ2n) is 5.43. The Bertz CT molecular complexity index is 740. The summed E-state index contributed by atoms with van der Waals surface area (Å²) in [5.41, 5.74) is -0.592. The maximum atomic E-state index is 12.5. The van der Waals surface area contributed by atoms with Crippen molar-refractivity contribution in [2.24, 2.45) is 0 Å². The lowest BCUT2D eigenvalue weighted by molar-refractivity contribution is 0.0598. The van der Waals surface area contributed by atoms with Crippen LogP contribution in [0.3, 0.4) is 0 Å². The summed E-state index contributed by atoms with van der Waals surface area (Å²) < 4.78 is 5.98. The van der Waals surface area contributed by atoms with Gasteiger partial charge in [0.05, 0.1) is 18.1 Å². The first-order valence-electron chi connectivity index (χ1n) is 6.47. The van der Waals surface area contributed by atoms with Crippen molar-refractivity contribution in [2.45, 2.75) is 26.4 Å². The number of halogens is 1. The summed E-state index contributed by atoms with van der Waals surface area (Å²) in [6.07, 6.45) is 1.68. The molecule has 0 unspecified atom stereocenters. The van der Waals surface area contributed by atoms with Gasteiger partial charge in [0.25, 0.3) is 0 Å². The third-order valence-corrected chi connectivity index (χ3v) is 2.62. The summed E-state index contributed by atoms with van der Waals surface area (Å²) in [5, 5.41) is 12.5. The Hall–Kier alpha value is -2.68. The first kappa shape index (κ1) is 16.7. The number of ether oxygens (including phenoxy) is 1. The molecular formula is C13H14ClN5O4. The third kappa shape index (κ3) is 4.16. The number of amides is 1. The third-order valence-electron chi connectivity index (χ3n) is 2.44. The molecule has 0 aromatic carbocycles. The Labute approximate surface area is 136 Å². The van der Waals surface area contributed by atoms with Crippen LogP contribution >= 0.6 is 11.6 Å². The zero-order valence-electron chi connectivity index (χ0n) is 12.6. The summed E-state index contributed by atoms with van der Waals surface area (Å²) in [5.74, 6) is 0.129. The number of carboxylic acid groups (broad SMARTS) is 1. The molecule has 10 heteroatoms. The van der Waals surface area contributed by atoms with Crippen molar-refractivity contribution in [2.75, 3.05) is 4.90 Å². The summed E-state index contributed by atoms with van der Waals surface area (Å²) in [6.45, 7) is 5.12. The molecule has 0 saturated heterocycles. The molecule has 1 N–H and O–H groups in total. The van der Waals surface area contributed by atoms with E-state index in [2.05, 4.69) is 15.1 Å². The summed E-state index contributed by atoms with van der Waals surface area (Å²) in [4.78, 5) is 32.2. The molecule has 122 valence electrons. The van der Waals surface area contributed by atoms with Gasteiger partial charge in [0.1, 0.15) is 11.4 Å². The van der Waals surface area contributed by atoms with Crippen molar-refractivity contribution in [3.8, 4) is 0 Å². The monoisotopic (exact) mass is 339 g/mol. The highest BCUT2D eigenvalue weighted by atomic mass is 35.5. The van der Waals surface area contributed by atoms with Crippen LogP contribution in [0, 0.1) is 0 Å². The zero-order valence-corrected chi connectivity index (χ0v) is 13.4. The smallest absolute Gasteiger partial charge is 0.432 e. The number of hydrogen-bond donors (Lipinski definition) is 1. The van der Waals surface area contributed by atoms with E-state index in [0.29, 0.717) is 4.68 Å². The van der Waals surface area contributed by atoms with Gasteiger partial charge in [0.2, 0.25) is 5.28 Å². The van der Waals surface area contributed by atoms with E-state index in [4.69, 9.17) is 21.4 Å². The van der Waals surface area contributed by atoms with Gasteiger partial charge in [-0.05, 0) is 32.4 Å². The van der Waals surface area contributed by atoms with Gasteiger partial charge in [-0.3, -0.25) is 0 Å². The number of rotatable bonds is 2. The summed E-state index contributed by atoms with van der Waals surface area (Å²) >= 11 is 5.75. The molecule has 0 fully saturated rings. The van der Waals surface area contributed by atoms with Crippen LogP contribution in [0.5, 0.6) is 0 Å². The fraction of sp³-hybridized carbons (Fsp3) is 0.308. The quantitative estimate of drug-likeness (QED) is 0.837. The molecule has 23 heavy (non-hydrogen) atoms. The van der Waals surface area contributed by atoms with Gasteiger partial charge in [0.15, 0.2) is 0 Å². The van der Waals surface area contributed by atoms with Crippen LogP contribution in [0.15, 0.2) is 24.7 Å². The lowest BCUT2D eigenvalue weighted by Gasteiger charge is -2.25. The summed E-state index contributed by atoms with van der Waals surface area (Å²) in [7, 11) is 0. The van der Waals surface area contributed by atoms with E-state index in [9.17, 15) is 9.59 Å². The molecule has 0 aliphatic rings. The van der Waals surface area contributed by atoms with Gasteiger partial charge < -0.3 is 9.84 Å². The van der Waals surface area contributed by atoms with Gasteiger partial charge in [-0.1, -0.05) is 0 Å².